The molecule has 0 spiro atoms. The number of hydrogen-bond donors (Lipinski definition) is 2. The number of fused-ring (bicyclic) bond motifs is 1. The first-order valence-electron chi connectivity index (χ1n) is 9.64. The minimum atomic E-state index is -0.868. The van der Waals surface area contributed by atoms with E-state index in [1.165, 1.54) is 6.07 Å². The summed E-state index contributed by atoms with van der Waals surface area (Å²) in [6.07, 6.45) is 4.91. The Balaban J connectivity index is 1.34. The van der Waals surface area contributed by atoms with Crippen LogP contribution in [-0.2, 0) is 11.2 Å². The molecule has 1 aromatic heterocycles. The third-order valence-corrected chi connectivity index (χ3v) is 5.35. The average molecular weight is 383 g/mol. The van der Waals surface area contributed by atoms with Gasteiger partial charge in [0, 0.05) is 54.4 Å². The Morgan fingerprint density at radius 3 is 2.89 bits per heavy atom. The van der Waals surface area contributed by atoms with Crippen molar-refractivity contribution in [3.05, 3.63) is 65.9 Å². The largest absolute Gasteiger partial charge is 0.380 e. The number of hydrogen-bond acceptors (Lipinski definition) is 2. The first kappa shape index (κ1) is 18.5. The summed E-state index contributed by atoms with van der Waals surface area (Å²) in [5.41, 5.74) is 2.77. The number of amides is 1. The SMILES string of the molecule is O=C(CCc1c[nH]c2ccccc12)N1CCC[C@H](Nc2ccc(F)c(F)c2)C1. The Labute approximate surface area is 162 Å². The van der Waals surface area contributed by atoms with Crippen LogP contribution in [0.2, 0.25) is 0 Å². The second kappa shape index (κ2) is 8.00. The summed E-state index contributed by atoms with van der Waals surface area (Å²) < 4.78 is 26.5. The Kier molecular flexibility index (Phi) is 5.28. The van der Waals surface area contributed by atoms with Gasteiger partial charge in [-0.3, -0.25) is 4.79 Å². The van der Waals surface area contributed by atoms with Crippen molar-refractivity contribution in [2.24, 2.45) is 0 Å². The van der Waals surface area contributed by atoms with Crippen LogP contribution < -0.4 is 5.32 Å². The number of nitrogens with one attached hydrogen (secondary N) is 2. The molecular weight excluding hydrogens is 360 g/mol. The summed E-state index contributed by atoms with van der Waals surface area (Å²) in [5.74, 6) is -1.60. The predicted molar refractivity (Wildman–Crippen MR) is 106 cm³/mol. The van der Waals surface area contributed by atoms with Gasteiger partial charge in [0.1, 0.15) is 0 Å². The van der Waals surface area contributed by atoms with E-state index in [0.717, 1.165) is 48.0 Å². The maximum Gasteiger partial charge on any atom is 0.222 e. The number of H-pyrrole nitrogens is 1. The highest BCUT2D eigenvalue weighted by Crippen LogP contribution is 2.21. The number of nitrogens with zero attached hydrogens (tertiary/aromatic N) is 1. The Hall–Kier alpha value is -2.89. The molecular formula is C22H23F2N3O. The Morgan fingerprint density at radius 2 is 2.04 bits per heavy atom. The normalized spacial score (nSPS) is 17.1. The van der Waals surface area contributed by atoms with Crippen LogP contribution in [0.25, 0.3) is 10.9 Å². The third-order valence-electron chi connectivity index (χ3n) is 5.35. The molecule has 0 bridgehead atoms. The van der Waals surface area contributed by atoms with Crippen molar-refractivity contribution in [2.75, 3.05) is 18.4 Å². The quantitative estimate of drug-likeness (QED) is 0.682. The second-order valence-electron chi connectivity index (χ2n) is 7.31. The molecule has 1 fully saturated rings. The summed E-state index contributed by atoms with van der Waals surface area (Å²) in [6.45, 7) is 1.31. The molecule has 2 aromatic carbocycles. The van der Waals surface area contributed by atoms with Gasteiger partial charge >= 0.3 is 0 Å². The fourth-order valence-electron chi connectivity index (χ4n) is 3.88. The summed E-state index contributed by atoms with van der Waals surface area (Å²) in [5, 5.41) is 4.38. The van der Waals surface area contributed by atoms with E-state index in [1.807, 2.05) is 29.3 Å². The first-order valence-corrected chi connectivity index (χ1v) is 9.64. The fraction of sp³-hybridized carbons (Fsp3) is 0.318. The molecule has 1 atom stereocenters. The molecule has 2 heterocycles. The molecule has 28 heavy (non-hydrogen) atoms. The van der Waals surface area contributed by atoms with Gasteiger partial charge < -0.3 is 15.2 Å². The smallest absolute Gasteiger partial charge is 0.222 e. The molecule has 146 valence electrons. The monoisotopic (exact) mass is 383 g/mol. The highest BCUT2D eigenvalue weighted by atomic mass is 19.2. The molecule has 0 unspecified atom stereocenters. The average Bonchev–Trinajstić information content (AvgIpc) is 3.12. The van der Waals surface area contributed by atoms with E-state index in [9.17, 15) is 13.6 Å². The van der Waals surface area contributed by atoms with Crippen LogP contribution >= 0.6 is 0 Å². The van der Waals surface area contributed by atoms with E-state index in [4.69, 9.17) is 0 Å². The van der Waals surface area contributed by atoms with Gasteiger partial charge in [0.2, 0.25) is 5.91 Å². The van der Waals surface area contributed by atoms with Crippen LogP contribution in [0.5, 0.6) is 0 Å². The number of aromatic nitrogens is 1. The summed E-state index contributed by atoms with van der Waals surface area (Å²) in [4.78, 5) is 17.8. The zero-order valence-electron chi connectivity index (χ0n) is 15.6. The first-order chi connectivity index (χ1) is 13.6. The van der Waals surface area contributed by atoms with Crippen LogP contribution in [0.4, 0.5) is 14.5 Å². The number of carbonyl (C=O) groups excluding carboxylic acids is 1. The van der Waals surface area contributed by atoms with E-state index in [-0.39, 0.29) is 11.9 Å². The standard InChI is InChI=1S/C22H23F2N3O/c23-19-9-8-16(12-20(19)24)26-17-4-3-11-27(14-17)22(28)10-7-15-13-25-21-6-2-1-5-18(15)21/h1-2,5-6,8-9,12-13,17,25-26H,3-4,7,10-11,14H2/t17-/m0/s1. The molecule has 6 heteroatoms. The highest BCUT2D eigenvalue weighted by Gasteiger charge is 2.23. The Morgan fingerprint density at radius 1 is 1.18 bits per heavy atom. The van der Waals surface area contributed by atoms with E-state index in [2.05, 4.69) is 16.4 Å². The molecule has 1 amide bonds. The van der Waals surface area contributed by atoms with Crippen molar-refractivity contribution in [1.82, 2.24) is 9.88 Å². The van der Waals surface area contributed by atoms with Crippen molar-refractivity contribution in [2.45, 2.75) is 31.7 Å². The third kappa shape index (κ3) is 4.01. The van der Waals surface area contributed by atoms with Crippen molar-refractivity contribution in [3.8, 4) is 0 Å². The number of anilines is 1. The summed E-state index contributed by atoms with van der Waals surface area (Å²) in [6, 6.07) is 11.9. The van der Waals surface area contributed by atoms with Gasteiger partial charge in [-0.05, 0) is 43.0 Å². The maximum absolute atomic E-state index is 13.4. The Bertz CT molecular complexity index is 985. The van der Waals surface area contributed by atoms with E-state index in [1.54, 1.807) is 0 Å². The van der Waals surface area contributed by atoms with E-state index in [0.29, 0.717) is 25.1 Å². The lowest BCUT2D eigenvalue weighted by atomic mass is 10.0. The van der Waals surface area contributed by atoms with Crippen LogP contribution in [0, 0.1) is 11.6 Å². The molecule has 4 rings (SSSR count). The van der Waals surface area contributed by atoms with Crippen LogP contribution in [0.1, 0.15) is 24.8 Å². The minimum Gasteiger partial charge on any atom is -0.380 e. The lowest BCUT2D eigenvalue weighted by Gasteiger charge is -2.34. The molecule has 0 radical (unpaired) electrons. The van der Waals surface area contributed by atoms with E-state index >= 15 is 0 Å². The summed E-state index contributed by atoms with van der Waals surface area (Å²) in [7, 11) is 0. The fourth-order valence-corrected chi connectivity index (χ4v) is 3.88. The number of likely N-dealkylation sites (tertiary alicyclic amines) is 1. The molecule has 4 nitrogen and oxygen atoms in total. The zero-order valence-corrected chi connectivity index (χ0v) is 15.6. The van der Waals surface area contributed by atoms with Crippen molar-refractivity contribution >= 4 is 22.5 Å². The highest BCUT2D eigenvalue weighted by molar-refractivity contribution is 5.84. The predicted octanol–water partition coefficient (Wildman–Crippen LogP) is 4.48. The van der Waals surface area contributed by atoms with Crippen LogP contribution in [-0.4, -0.2) is 34.9 Å². The van der Waals surface area contributed by atoms with Gasteiger partial charge in [-0.15, -0.1) is 0 Å². The molecule has 2 N–H and O–H groups in total. The number of aryl methyl sites for hydroxylation is 1. The van der Waals surface area contributed by atoms with Gasteiger partial charge in [-0.1, -0.05) is 18.2 Å². The molecule has 3 aromatic rings. The number of para-hydroxylation sites is 1. The number of piperidine rings is 1. The lowest BCUT2D eigenvalue weighted by Crippen LogP contribution is -2.45. The van der Waals surface area contributed by atoms with Crippen LogP contribution in [0.3, 0.4) is 0 Å². The number of benzene rings is 2. The van der Waals surface area contributed by atoms with Crippen molar-refractivity contribution < 1.29 is 13.6 Å². The van der Waals surface area contributed by atoms with Gasteiger partial charge in [0.05, 0.1) is 0 Å². The molecule has 0 aliphatic carbocycles. The maximum atomic E-state index is 13.4. The van der Waals surface area contributed by atoms with Crippen LogP contribution in [0.15, 0.2) is 48.7 Å². The van der Waals surface area contributed by atoms with Gasteiger partial charge in [-0.25, -0.2) is 8.78 Å². The number of halogens is 2. The molecule has 1 aliphatic rings. The van der Waals surface area contributed by atoms with Crippen molar-refractivity contribution in [1.29, 1.82) is 0 Å². The molecule has 1 aliphatic heterocycles. The molecule has 0 saturated carbocycles. The van der Waals surface area contributed by atoms with E-state index < -0.39 is 11.6 Å². The molecule has 1 saturated heterocycles. The van der Waals surface area contributed by atoms with Gasteiger partial charge in [0.15, 0.2) is 11.6 Å². The number of aromatic amines is 1. The lowest BCUT2D eigenvalue weighted by molar-refractivity contribution is -0.132. The minimum absolute atomic E-state index is 0.0376. The zero-order chi connectivity index (χ0) is 19.5. The van der Waals surface area contributed by atoms with Gasteiger partial charge in [-0.2, -0.15) is 0 Å². The number of rotatable bonds is 5. The summed E-state index contributed by atoms with van der Waals surface area (Å²) >= 11 is 0. The topological polar surface area (TPSA) is 48.1 Å². The van der Waals surface area contributed by atoms with Gasteiger partial charge in [0.25, 0.3) is 0 Å². The number of carbonyl (C=O) groups is 1. The second-order valence-corrected chi connectivity index (χ2v) is 7.31. The van der Waals surface area contributed by atoms with Crippen molar-refractivity contribution in [3.63, 3.8) is 0 Å².